The number of nitro groups is 1. The molecular weight excluding hydrogens is 236 g/mol. The average Bonchev–Trinajstić information content (AvgIpc) is 2.72. The standard InChI is InChI=1S/C10H12N6O2/c1-15-7(4-5-13-15)6-12-10-8(16(17)18)2-3-9(11)14-10/h2-5H,6H2,1H3,(H3,11,12,14). The molecule has 0 spiro atoms. The molecule has 2 aromatic rings. The Hall–Kier alpha value is -2.64. The van der Waals surface area contributed by atoms with Gasteiger partial charge in [-0.15, -0.1) is 0 Å². The monoisotopic (exact) mass is 248 g/mol. The summed E-state index contributed by atoms with van der Waals surface area (Å²) in [7, 11) is 1.79. The zero-order valence-corrected chi connectivity index (χ0v) is 9.70. The molecule has 0 bridgehead atoms. The van der Waals surface area contributed by atoms with Gasteiger partial charge >= 0.3 is 5.69 Å². The third kappa shape index (κ3) is 2.37. The van der Waals surface area contributed by atoms with Gasteiger partial charge in [0.25, 0.3) is 0 Å². The minimum absolute atomic E-state index is 0.105. The number of nitrogens with two attached hydrogens (primary N) is 1. The van der Waals surface area contributed by atoms with E-state index in [0.717, 1.165) is 5.69 Å². The molecule has 2 rings (SSSR count). The van der Waals surface area contributed by atoms with Crippen molar-refractivity contribution in [2.45, 2.75) is 6.54 Å². The largest absolute Gasteiger partial charge is 0.384 e. The first-order valence-corrected chi connectivity index (χ1v) is 5.19. The lowest BCUT2D eigenvalue weighted by atomic mass is 10.3. The summed E-state index contributed by atoms with van der Waals surface area (Å²) < 4.78 is 1.67. The smallest absolute Gasteiger partial charge is 0.311 e. The van der Waals surface area contributed by atoms with Gasteiger partial charge in [-0.25, -0.2) is 4.98 Å². The molecule has 0 aliphatic carbocycles. The summed E-state index contributed by atoms with van der Waals surface area (Å²) in [5, 5.41) is 17.7. The lowest BCUT2D eigenvalue weighted by Gasteiger charge is -2.07. The second-order valence-corrected chi connectivity index (χ2v) is 3.66. The first-order chi connectivity index (χ1) is 8.58. The Morgan fingerprint density at radius 3 is 2.89 bits per heavy atom. The van der Waals surface area contributed by atoms with Gasteiger partial charge in [-0.2, -0.15) is 5.10 Å². The van der Waals surface area contributed by atoms with Gasteiger partial charge in [0.1, 0.15) is 5.82 Å². The van der Waals surface area contributed by atoms with Gasteiger partial charge in [0.15, 0.2) is 0 Å². The molecule has 8 heteroatoms. The van der Waals surface area contributed by atoms with E-state index < -0.39 is 4.92 Å². The highest BCUT2D eigenvalue weighted by molar-refractivity contribution is 5.59. The maximum atomic E-state index is 10.8. The van der Waals surface area contributed by atoms with E-state index in [4.69, 9.17) is 5.73 Å². The maximum Gasteiger partial charge on any atom is 0.311 e. The molecule has 0 aromatic carbocycles. The molecule has 0 atom stereocenters. The number of nitrogens with one attached hydrogen (secondary N) is 1. The zero-order valence-electron chi connectivity index (χ0n) is 9.70. The molecule has 18 heavy (non-hydrogen) atoms. The molecule has 0 amide bonds. The lowest BCUT2D eigenvalue weighted by Crippen LogP contribution is -2.09. The predicted molar refractivity (Wildman–Crippen MR) is 65.8 cm³/mol. The molecule has 0 radical (unpaired) electrons. The van der Waals surface area contributed by atoms with Crippen LogP contribution in [0.5, 0.6) is 0 Å². The number of nitrogen functional groups attached to an aromatic ring is 1. The quantitative estimate of drug-likeness (QED) is 0.614. The fourth-order valence-corrected chi connectivity index (χ4v) is 1.49. The van der Waals surface area contributed by atoms with Crippen LogP contribution >= 0.6 is 0 Å². The first kappa shape index (κ1) is 11.8. The van der Waals surface area contributed by atoms with Crippen molar-refractivity contribution < 1.29 is 4.92 Å². The molecule has 0 unspecified atom stereocenters. The molecule has 8 nitrogen and oxygen atoms in total. The van der Waals surface area contributed by atoms with Crippen LogP contribution in [0.4, 0.5) is 17.3 Å². The van der Waals surface area contributed by atoms with Gasteiger partial charge in [0.2, 0.25) is 5.82 Å². The number of rotatable bonds is 4. The second-order valence-electron chi connectivity index (χ2n) is 3.66. The third-order valence-electron chi connectivity index (χ3n) is 2.45. The number of pyridine rings is 1. The van der Waals surface area contributed by atoms with Crippen molar-refractivity contribution >= 4 is 17.3 Å². The minimum atomic E-state index is -0.502. The summed E-state index contributed by atoms with van der Waals surface area (Å²) in [6, 6.07) is 4.53. The molecular formula is C10H12N6O2. The molecule has 94 valence electrons. The van der Waals surface area contributed by atoms with Crippen LogP contribution < -0.4 is 11.1 Å². The van der Waals surface area contributed by atoms with Crippen molar-refractivity contribution in [1.82, 2.24) is 14.8 Å². The van der Waals surface area contributed by atoms with Crippen molar-refractivity contribution in [3.63, 3.8) is 0 Å². The molecule has 0 saturated heterocycles. The Morgan fingerprint density at radius 2 is 2.28 bits per heavy atom. The van der Waals surface area contributed by atoms with Gasteiger partial charge in [-0.1, -0.05) is 0 Å². The number of aromatic nitrogens is 3. The number of nitrogens with zero attached hydrogens (tertiary/aromatic N) is 4. The summed E-state index contributed by atoms with van der Waals surface area (Å²) in [6.45, 7) is 0.383. The number of hydrogen-bond acceptors (Lipinski definition) is 6. The first-order valence-electron chi connectivity index (χ1n) is 5.19. The number of anilines is 2. The number of aryl methyl sites for hydroxylation is 1. The Morgan fingerprint density at radius 1 is 1.50 bits per heavy atom. The predicted octanol–water partition coefficient (Wildman–Crippen LogP) is 0.918. The molecule has 0 aliphatic heterocycles. The van der Waals surface area contributed by atoms with E-state index in [0.29, 0.717) is 6.54 Å². The van der Waals surface area contributed by atoms with E-state index in [1.165, 1.54) is 12.1 Å². The topological polar surface area (TPSA) is 112 Å². The molecule has 2 aromatic heterocycles. The van der Waals surface area contributed by atoms with Gasteiger partial charge in [0.05, 0.1) is 17.2 Å². The van der Waals surface area contributed by atoms with Crippen molar-refractivity contribution in [3.05, 3.63) is 40.2 Å². The van der Waals surface area contributed by atoms with Crippen molar-refractivity contribution in [1.29, 1.82) is 0 Å². The molecule has 2 heterocycles. The van der Waals surface area contributed by atoms with E-state index >= 15 is 0 Å². The molecule has 3 N–H and O–H groups in total. The van der Waals surface area contributed by atoms with Crippen LogP contribution in [0.3, 0.4) is 0 Å². The summed E-state index contributed by atoms with van der Waals surface area (Å²) in [4.78, 5) is 14.2. The van der Waals surface area contributed by atoms with Gasteiger partial charge < -0.3 is 11.1 Å². The van der Waals surface area contributed by atoms with Crippen molar-refractivity contribution in [2.75, 3.05) is 11.1 Å². The Balaban J connectivity index is 2.20. The molecule has 0 fully saturated rings. The van der Waals surface area contributed by atoms with E-state index in [1.54, 1.807) is 17.9 Å². The van der Waals surface area contributed by atoms with Gasteiger partial charge in [-0.05, 0) is 12.1 Å². The maximum absolute atomic E-state index is 10.8. The van der Waals surface area contributed by atoms with Gasteiger partial charge in [0, 0.05) is 19.3 Å². The van der Waals surface area contributed by atoms with Crippen molar-refractivity contribution in [3.8, 4) is 0 Å². The van der Waals surface area contributed by atoms with Crippen LogP contribution in [-0.2, 0) is 13.6 Å². The third-order valence-corrected chi connectivity index (χ3v) is 2.45. The summed E-state index contributed by atoms with van der Waals surface area (Å²) >= 11 is 0. The fourth-order valence-electron chi connectivity index (χ4n) is 1.49. The average molecular weight is 248 g/mol. The van der Waals surface area contributed by atoms with Crippen LogP contribution in [0.15, 0.2) is 24.4 Å². The van der Waals surface area contributed by atoms with E-state index in [-0.39, 0.29) is 17.3 Å². The summed E-state index contributed by atoms with van der Waals surface area (Å²) in [5.41, 5.74) is 6.29. The second kappa shape index (κ2) is 4.70. The summed E-state index contributed by atoms with van der Waals surface area (Å²) in [6.07, 6.45) is 1.65. The van der Waals surface area contributed by atoms with Crippen LogP contribution in [0, 0.1) is 10.1 Å². The molecule has 0 aliphatic rings. The summed E-state index contributed by atoms with van der Waals surface area (Å²) in [5.74, 6) is 0.384. The minimum Gasteiger partial charge on any atom is -0.384 e. The lowest BCUT2D eigenvalue weighted by molar-refractivity contribution is -0.384. The van der Waals surface area contributed by atoms with Crippen LogP contribution in [-0.4, -0.2) is 19.7 Å². The number of hydrogen-bond donors (Lipinski definition) is 2. The normalized spacial score (nSPS) is 10.3. The highest BCUT2D eigenvalue weighted by Crippen LogP contribution is 2.23. The zero-order chi connectivity index (χ0) is 13.1. The van der Waals surface area contributed by atoms with Crippen LogP contribution in [0.2, 0.25) is 0 Å². The van der Waals surface area contributed by atoms with E-state index in [1.807, 2.05) is 6.07 Å². The Bertz CT molecular complexity index is 579. The Kier molecular flexibility index (Phi) is 3.09. The molecule has 0 saturated carbocycles. The van der Waals surface area contributed by atoms with E-state index in [2.05, 4.69) is 15.4 Å². The SMILES string of the molecule is Cn1nccc1CNc1nc(N)ccc1[N+](=O)[O-]. The van der Waals surface area contributed by atoms with Crippen molar-refractivity contribution in [2.24, 2.45) is 7.05 Å². The van der Waals surface area contributed by atoms with Gasteiger partial charge in [-0.3, -0.25) is 14.8 Å². The van der Waals surface area contributed by atoms with Crippen LogP contribution in [0.25, 0.3) is 0 Å². The highest BCUT2D eigenvalue weighted by Gasteiger charge is 2.15. The van der Waals surface area contributed by atoms with Crippen LogP contribution in [0.1, 0.15) is 5.69 Å². The fraction of sp³-hybridized carbons (Fsp3) is 0.200. The highest BCUT2D eigenvalue weighted by atomic mass is 16.6. The Labute approximate surface area is 103 Å². The van der Waals surface area contributed by atoms with E-state index in [9.17, 15) is 10.1 Å².